The molecular formula is C21H35N5O2. The average molecular weight is 390 g/mol. The first-order chi connectivity index (χ1) is 13.3. The number of nitrogens with one attached hydrogen (secondary N) is 1. The van der Waals surface area contributed by atoms with Crippen LogP contribution >= 0.6 is 0 Å². The van der Waals surface area contributed by atoms with Gasteiger partial charge < -0.3 is 19.9 Å². The molecule has 1 spiro atoms. The van der Waals surface area contributed by atoms with Gasteiger partial charge in [0.15, 0.2) is 5.82 Å². The number of piperidine rings is 1. The van der Waals surface area contributed by atoms with Gasteiger partial charge in [-0.25, -0.2) is 4.79 Å². The SMILES string of the molecule is Cc1cc(N2CCNCC23CCC3)nn1C1CCN(C(=O)OC(C)(C)C)CC1. The minimum Gasteiger partial charge on any atom is -0.444 e. The number of hydrogen-bond donors (Lipinski definition) is 1. The Bertz CT molecular complexity index is 711. The number of carbonyl (C=O) groups excluding carboxylic acids is 1. The van der Waals surface area contributed by atoms with Crippen molar-refractivity contribution in [3.63, 3.8) is 0 Å². The highest BCUT2D eigenvalue weighted by molar-refractivity contribution is 5.68. The summed E-state index contributed by atoms with van der Waals surface area (Å²) in [7, 11) is 0. The first-order valence-electron chi connectivity index (χ1n) is 10.8. The van der Waals surface area contributed by atoms with E-state index in [1.807, 2.05) is 25.7 Å². The molecule has 1 aromatic rings. The molecule has 0 radical (unpaired) electrons. The van der Waals surface area contributed by atoms with Gasteiger partial charge in [-0.05, 0) is 59.8 Å². The van der Waals surface area contributed by atoms with Crippen LogP contribution < -0.4 is 10.2 Å². The fraction of sp³-hybridized carbons (Fsp3) is 0.810. The fourth-order valence-corrected chi connectivity index (χ4v) is 4.83. The Hall–Kier alpha value is -1.76. The maximum Gasteiger partial charge on any atom is 0.410 e. The summed E-state index contributed by atoms with van der Waals surface area (Å²) in [5.74, 6) is 1.13. The van der Waals surface area contributed by atoms with Gasteiger partial charge in [-0.15, -0.1) is 0 Å². The van der Waals surface area contributed by atoms with Crippen molar-refractivity contribution in [1.82, 2.24) is 20.0 Å². The van der Waals surface area contributed by atoms with E-state index in [1.54, 1.807) is 0 Å². The molecule has 1 aromatic heterocycles. The molecule has 28 heavy (non-hydrogen) atoms. The van der Waals surface area contributed by atoms with Crippen LogP contribution in [0.25, 0.3) is 0 Å². The summed E-state index contributed by atoms with van der Waals surface area (Å²) in [4.78, 5) is 16.7. The van der Waals surface area contributed by atoms with Crippen LogP contribution in [-0.4, -0.2) is 64.6 Å². The summed E-state index contributed by atoms with van der Waals surface area (Å²) < 4.78 is 7.72. The molecule has 156 valence electrons. The molecule has 2 saturated heterocycles. The molecule has 7 heteroatoms. The number of likely N-dealkylation sites (tertiary alicyclic amines) is 1. The molecule has 1 saturated carbocycles. The smallest absolute Gasteiger partial charge is 0.410 e. The Morgan fingerprint density at radius 1 is 1.25 bits per heavy atom. The number of anilines is 1. The summed E-state index contributed by atoms with van der Waals surface area (Å²) in [6.07, 6.45) is 5.50. The Kier molecular flexibility index (Phi) is 5.06. The third-order valence-electron chi connectivity index (χ3n) is 6.47. The third kappa shape index (κ3) is 3.73. The Labute approximate surface area is 168 Å². The number of rotatable bonds is 2. The number of ether oxygens (including phenoxy) is 1. The van der Waals surface area contributed by atoms with Crippen molar-refractivity contribution in [2.24, 2.45) is 0 Å². The number of aryl methyl sites for hydroxylation is 1. The first kappa shape index (κ1) is 19.6. The second kappa shape index (κ2) is 7.25. The van der Waals surface area contributed by atoms with E-state index in [0.717, 1.165) is 51.4 Å². The highest BCUT2D eigenvalue weighted by atomic mass is 16.6. The van der Waals surface area contributed by atoms with E-state index in [9.17, 15) is 4.79 Å². The highest BCUT2D eigenvalue weighted by Gasteiger charge is 2.45. The van der Waals surface area contributed by atoms with Crippen LogP contribution in [0.1, 0.15) is 64.6 Å². The van der Waals surface area contributed by atoms with Crippen molar-refractivity contribution in [1.29, 1.82) is 0 Å². The van der Waals surface area contributed by atoms with Crippen LogP contribution in [0.4, 0.5) is 10.6 Å². The number of hydrogen-bond acceptors (Lipinski definition) is 5. The summed E-state index contributed by atoms with van der Waals surface area (Å²) in [5, 5.41) is 8.61. The van der Waals surface area contributed by atoms with Crippen molar-refractivity contribution in [3.8, 4) is 0 Å². The van der Waals surface area contributed by atoms with Gasteiger partial charge in [0.2, 0.25) is 0 Å². The lowest BCUT2D eigenvalue weighted by Crippen LogP contribution is -2.65. The van der Waals surface area contributed by atoms with Gasteiger partial charge in [-0.2, -0.15) is 5.10 Å². The van der Waals surface area contributed by atoms with Crippen molar-refractivity contribution in [2.45, 2.75) is 77.0 Å². The predicted molar refractivity (Wildman–Crippen MR) is 110 cm³/mol. The number of piperazine rings is 1. The maximum atomic E-state index is 12.3. The van der Waals surface area contributed by atoms with E-state index in [4.69, 9.17) is 9.84 Å². The fourth-order valence-electron chi connectivity index (χ4n) is 4.83. The van der Waals surface area contributed by atoms with Crippen LogP contribution in [0.15, 0.2) is 6.07 Å². The molecule has 3 aliphatic rings. The quantitative estimate of drug-likeness (QED) is 0.842. The largest absolute Gasteiger partial charge is 0.444 e. The zero-order valence-corrected chi connectivity index (χ0v) is 17.8. The molecule has 3 fully saturated rings. The molecule has 0 atom stereocenters. The zero-order chi connectivity index (χ0) is 19.9. The van der Waals surface area contributed by atoms with E-state index >= 15 is 0 Å². The lowest BCUT2D eigenvalue weighted by atomic mass is 9.74. The van der Waals surface area contributed by atoms with Gasteiger partial charge in [0.25, 0.3) is 0 Å². The molecule has 0 unspecified atom stereocenters. The summed E-state index contributed by atoms with van der Waals surface area (Å²) >= 11 is 0. The van der Waals surface area contributed by atoms with E-state index in [1.165, 1.54) is 25.0 Å². The number of nitrogens with zero attached hydrogens (tertiary/aromatic N) is 4. The summed E-state index contributed by atoms with van der Waals surface area (Å²) in [6.45, 7) is 12.5. The summed E-state index contributed by atoms with van der Waals surface area (Å²) in [6, 6.07) is 2.61. The molecule has 4 rings (SSSR count). The maximum absolute atomic E-state index is 12.3. The lowest BCUT2D eigenvalue weighted by Gasteiger charge is -2.53. The molecule has 1 aliphatic carbocycles. The molecule has 7 nitrogen and oxygen atoms in total. The Morgan fingerprint density at radius 2 is 1.96 bits per heavy atom. The van der Waals surface area contributed by atoms with E-state index < -0.39 is 5.60 Å². The van der Waals surface area contributed by atoms with E-state index in [2.05, 4.69) is 27.9 Å². The van der Waals surface area contributed by atoms with Crippen LogP contribution in [-0.2, 0) is 4.74 Å². The molecule has 1 N–H and O–H groups in total. The minimum absolute atomic E-state index is 0.198. The van der Waals surface area contributed by atoms with Gasteiger partial charge in [0, 0.05) is 44.5 Å². The van der Waals surface area contributed by atoms with Gasteiger partial charge in [-0.3, -0.25) is 4.68 Å². The van der Waals surface area contributed by atoms with E-state index in [0.29, 0.717) is 6.04 Å². The second-order valence-corrected chi connectivity index (χ2v) is 9.69. The minimum atomic E-state index is -0.442. The number of amides is 1. The molecule has 2 aliphatic heterocycles. The topological polar surface area (TPSA) is 62.6 Å². The first-order valence-corrected chi connectivity index (χ1v) is 10.8. The average Bonchev–Trinajstić information content (AvgIpc) is 3.00. The van der Waals surface area contributed by atoms with Crippen molar-refractivity contribution >= 4 is 11.9 Å². The van der Waals surface area contributed by atoms with Crippen LogP contribution in [0.2, 0.25) is 0 Å². The molecule has 1 amide bonds. The standard InChI is InChI=1S/C21H35N5O2/c1-16-14-18(25-13-10-22-15-21(25)8-5-9-21)23-26(16)17-6-11-24(12-7-17)19(27)28-20(2,3)4/h14,17,22H,5-13,15H2,1-4H3. The van der Waals surface area contributed by atoms with Gasteiger partial charge in [-0.1, -0.05) is 0 Å². The monoisotopic (exact) mass is 389 g/mol. The van der Waals surface area contributed by atoms with Crippen molar-refractivity contribution in [2.75, 3.05) is 37.6 Å². The molecule has 0 aromatic carbocycles. The van der Waals surface area contributed by atoms with E-state index in [-0.39, 0.29) is 11.6 Å². The van der Waals surface area contributed by atoms with Gasteiger partial charge in [0.1, 0.15) is 5.60 Å². The normalized spacial score (nSPS) is 23.0. The molecule has 0 bridgehead atoms. The number of carbonyl (C=O) groups is 1. The Balaban J connectivity index is 1.42. The van der Waals surface area contributed by atoms with Crippen LogP contribution in [0, 0.1) is 6.92 Å². The lowest BCUT2D eigenvalue weighted by molar-refractivity contribution is 0.0184. The highest BCUT2D eigenvalue weighted by Crippen LogP contribution is 2.41. The van der Waals surface area contributed by atoms with Crippen LogP contribution in [0.5, 0.6) is 0 Å². The Morgan fingerprint density at radius 3 is 2.57 bits per heavy atom. The predicted octanol–water partition coefficient (Wildman–Crippen LogP) is 3.10. The zero-order valence-electron chi connectivity index (χ0n) is 17.8. The van der Waals surface area contributed by atoms with Crippen molar-refractivity contribution < 1.29 is 9.53 Å². The number of aromatic nitrogens is 2. The third-order valence-corrected chi connectivity index (χ3v) is 6.47. The van der Waals surface area contributed by atoms with Crippen molar-refractivity contribution in [3.05, 3.63) is 11.8 Å². The summed E-state index contributed by atoms with van der Waals surface area (Å²) in [5.41, 5.74) is 1.06. The van der Waals surface area contributed by atoms with Gasteiger partial charge >= 0.3 is 6.09 Å². The molecule has 3 heterocycles. The van der Waals surface area contributed by atoms with Crippen LogP contribution in [0.3, 0.4) is 0 Å². The van der Waals surface area contributed by atoms with Gasteiger partial charge in [0.05, 0.1) is 11.6 Å². The second-order valence-electron chi connectivity index (χ2n) is 9.69. The molecular weight excluding hydrogens is 354 g/mol.